The van der Waals surface area contributed by atoms with E-state index in [1.54, 1.807) is 6.08 Å². The lowest BCUT2D eigenvalue weighted by molar-refractivity contribution is -0.359. The number of aliphatic hydroxyl groups is 8. The molecule has 0 aromatic heterocycles. The minimum absolute atomic E-state index is 0.246. The number of amides is 1. The lowest BCUT2D eigenvalue weighted by atomic mass is 9.97. The number of nitrogens with one attached hydrogen (secondary N) is 1. The summed E-state index contributed by atoms with van der Waals surface area (Å²) in [6.45, 7) is 2.83. The highest BCUT2D eigenvalue weighted by Crippen LogP contribution is 2.30. The van der Waals surface area contributed by atoms with Crippen LogP contribution in [0.15, 0.2) is 48.6 Å². The van der Waals surface area contributed by atoms with Crippen LogP contribution in [0.3, 0.4) is 0 Å². The van der Waals surface area contributed by atoms with Gasteiger partial charge in [-0.05, 0) is 70.6 Å². The van der Waals surface area contributed by atoms with Crippen LogP contribution in [0, 0.1) is 0 Å². The van der Waals surface area contributed by atoms with Gasteiger partial charge < -0.3 is 65.1 Å². The second-order valence-corrected chi connectivity index (χ2v) is 28.9. The van der Waals surface area contributed by atoms with Crippen molar-refractivity contribution in [3.63, 3.8) is 0 Å². The highest BCUT2D eigenvalue weighted by Gasteiger charge is 2.51. The molecule has 0 aromatic carbocycles. The van der Waals surface area contributed by atoms with E-state index in [2.05, 4.69) is 55.6 Å². The zero-order valence-electron chi connectivity index (χ0n) is 61.9. The first kappa shape index (κ1) is 90.0. The lowest BCUT2D eigenvalue weighted by Gasteiger charge is -2.46. The minimum Gasteiger partial charge on any atom is -0.394 e. The Balaban J connectivity index is 1.62. The van der Waals surface area contributed by atoms with Gasteiger partial charge >= 0.3 is 0 Å². The van der Waals surface area contributed by atoms with Gasteiger partial charge in [0.1, 0.15) is 48.8 Å². The summed E-state index contributed by atoms with van der Waals surface area (Å²) in [4.78, 5) is 13.4. The number of hydrogen-bond donors (Lipinski definition) is 9. The Morgan fingerprint density at radius 2 is 0.667 bits per heavy atom. The largest absolute Gasteiger partial charge is 0.394 e. The van der Waals surface area contributed by atoms with E-state index in [1.165, 1.54) is 295 Å². The number of rotatable bonds is 69. The van der Waals surface area contributed by atoms with Crippen LogP contribution in [0.1, 0.15) is 373 Å². The van der Waals surface area contributed by atoms with Crippen molar-refractivity contribution >= 4 is 5.91 Å². The smallest absolute Gasteiger partial charge is 0.220 e. The van der Waals surface area contributed by atoms with Crippen molar-refractivity contribution in [2.45, 2.75) is 447 Å². The fourth-order valence-electron chi connectivity index (χ4n) is 13.5. The molecule has 12 atom stereocenters. The number of aliphatic hydroxyl groups excluding tert-OH is 8. The van der Waals surface area contributed by atoms with Gasteiger partial charge in [0, 0.05) is 6.42 Å². The van der Waals surface area contributed by atoms with Gasteiger partial charge in [-0.2, -0.15) is 0 Å². The molecule has 2 saturated heterocycles. The van der Waals surface area contributed by atoms with Crippen molar-refractivity contribution < 1.29 is 64.6 Å². The first-order valence-corrected chi connectivity index (χ1v) is 40.9. The molecule has 9 N–H and O–H groups in total. The highest BCUT2D eigenvalue weighted by atomic mass is 16.7. The Labute approximate surface area is 588 Å². The molecule has 564 valence electrons. The summed E-state index contributed by atoms with van der Waals surface area (Å²) >= 11 is 0. The first-order chi connectivity index (χ1) is 47.1. The van der Waals surface area contributed by atoms with Gasteiger partial charge in [0.05, 0.1) is 32.0 Å². The lowest BCUT2D eigenvalue weighted by Crippen LogP contribution is -2.65. The van der Waals surface area contributed by atoms with Gasteiger partial charge in [0.25, 0.3) is 0 Å². The zero-order chi connectivity index (χ0) is 69.4. The zero-order valence-corrected chi connectivity index (χ0v) is 61.9. The molecule has 14 heteroatoms. The molecule has 0 radical (unpaired) electrons. The normalized spacial score (nSPS) is 22.4. The number of ether oxygens (including phenoxy) is 4. The Morgan fingerprint density at radius 1 is 0.365 bits per heavy atom. The van der Waals surface area contributed by atoms with Gasteiger partial charge in [0.2, 0.25) is 5.91 Å². The molecular weight excluding hydrogens is 1210 g/mol. The average Bonchev–Trinajstić information content (AvgIpc) is 0.797. The summed E-state index contributed by atoms with van der Waals surface area (Å²) in [7, 11) is 0. The van der Waals surface area contributed by atoms with Crippen molar-refractivity contribution in [2.24, 2.45) is 0 Å². The third kappa shape index (κ3) is 48.7. The monoisotopic (exact) mass is 1360 g/mol. The topological polar surface area (TPSA) is 228 Å². The van der Waals surface area contributed by atoms with E-state index in [4.69, 9.17) is 18.9 Å². The molecule has 0 spiro atoms. The van der Waals surface area contributed by atoms with Crippen molar-refractivity contribution in [3.8, 4) is 0 Å². The van der Waals surface area contributed by atoms with Crippen LogP contribution in [-0.4, -0.2) is 140 Å². The predicted molar refractivity (Wildman–Crippen MR) is 397 cm³/mol. The maximum atomic E-state index is 13.4. The van der Waals surface area contributed by atoms with Crippen molar-refractivity contribution in [3.05, 3.63) is 48.6 Å². The molecule has 2 aliphatic heterocycles. The van der Waals surface area contributed by atoms with Crippen molar-refractivity contribution in [1.29, 1.82) is 0 Å². The van der Waals surface area contributed by atoms with E-state index in [0.717, 1.165) is 44.9 Å². The maximum Gasteiger partial charge on any atom is 0.220 e. The van der Waals surface area contributed by atoms with Gasteiger partial charge in [-0.3, -0.25) is 4.79 Å². The summed E-state index contributed by atoms with van der Waals surface area (Å²) in [5, 5.41) is 87.6. The second-order valence-electron chi connectivity index (χ2n) is 28.9. The first-order valence-electron chi connectivity index (χ1n) is 40.9. The fraction of sp³-hybridized carbons (Fsp3) is 0.890. The molecule has 2 heterocycles. The van der Waals surface area contributed by atoms with Gasteiger partial charge in [-0.1, -0.05) is 345 Å². The van der Waals surface area contributed by atoms with Crippen LogP contribution in [0.2, 0.25) is 0 Å². The van der Waals surface area contributed by atoms with Crippen molar-refractivity contribution in [2.75, 3.05) is 19.8 Å². The van der Waals surface area contributed by atoms with E-state index in [-0.39, 0.29) is 18.9 Å². The van der Waals surface area contributed by atoms with Gasteiger partial charge in [-0.25, -0.2) is 0 Å². The molecule has 96 heavy (non-hydrogen) atoms. The number of allylic oxidation sites excluding steroid dienone is 7. The molecular formula is C82H153NO13. The third-order valence-electron chi connectivity index (χ3n) is 20.0. The Kier molecular flexibility index (Phi) is 62.1. The van der Waals surface area contributed by atoms with E-state index >= 15 is 0 Å². The number of carbonyl (C=O) groups excluding carboxylic acids is 1. The van der Waals surface area contributed by atoms with E-state index in [0.29, 0.717) is 12.8 Å². The van der Waals surface area contributed by atoms with Crippen LogP contribution in [-0.2, 0) is 23.7 Å². The molecule has 2 rings (SSSR count). The van der Waals surface area contributed by atoms with Crippen LogP contribution in [0.5, 0.6) is 0 Å². The van der Waals surface area contributed by atoms with E-state index in [1.807, 2.05) is 6.08 Å². The summed E-state index contributed by atoms with van der Waals surface area (Å²) in [5.74, 6) is -0.246. The molecule has 0 aliphatic carbocycles. The molecule has 1 amide bonds. The number of hydrogen-bond acceptors (Lipinski definition) is 13. The van der Waals surface area contributed by atoms with Gasteiger partial charge in [0.15, 0.2) is 12.6 Å². The highest BCUT2D eigenvalue weighted by molar-refractivity contribution is 5.76. The molecule has 0 saturated carbocycles. The maximum absolute atomic E-state index is 13.4. The summed E-state index contributed by atoms with van der Waals surface area (Å²) in [6, 6.07) is -0.939. The number of unbranched alkanes of at least 4 members (excludes halogenated alkanes) is 50. The minimum atomic E-state index is -1.79. The third-order valence-corrected chi connectivity index (χ3v) is 20.0. The quantitative estimate of drug-likeness (QED) is 0.0204. The molecule has 2 aliphatic rings. The SMILES string of the molecule is CCCCCCCCCC/C=C\CCCCCCCCCCCCCCCCCCCCCCCCCC(=O)NC(COC1OC(CO)C(OC2OC(CO)C(O)C(O)C2O)C(O)C1O)C(O)/C=C/CC/C=C/CC/C=C/CCCCCCCCCCCCCCCCCCC. The molecule has 14 nitrogen and oxygen atoms in total. The molecule has 12 unspecified atom stereocenters. The Bertz CT molecular complexity index is 1800. The fourth-order valence-corrected chi connectivity index (χ4v) is 13.5. The summed E-state index contributed by atoms with van der Waals surface area (Å²) in [5.41, 5.74) is 0. The van der Waals surface area contributed by atoms with E-state index < -0.39 is 86.8 Å². The van der Waals surface area contributed by atoms with Crippen molar-refractivity contribution in [1.82, 2.24) is 5.32 Å². The van der Waals surface area contributed by atoms with Gasteiger partial charge in [-0.15, -0.1) is 0 Å². The van der Waals surface area contributed by atoms with Crippen LogP contribution >= 0.6 is 0 Å². The van der Waals surface area contributed by atoms with Crippen LogP contribution in [0.25, 0.3) is 0 Å². The number of carbonyl (C=O) groups is 1. The standard InChI is InChI=1S/C82H153NO13/c1-3-5-7-9-11-13-15-17-19-21-23-25-27-29-31-32-33-34-35-36-37-38-40-42-44-46-48-50-52-54-56-58-60-62-64-66-74(87)83-70(69-93-81-79(92)77(90)80(73(68-85)95-81)96-82-78(91)76(89)75(88)72(67-84)94-82)71(86)65-63-61-59-57-55-53-51-49-47-45-43-41-39-30-28-26-24-22-20-18-16-14-12-10-8-6-4-2/h21,23,47,49,55,57,63,65,70-73,75-82,84-86,88-92H,3-20,22,24-46,48,50-54,56,58-62,64,66-69H2,1-2H3,(H,83,87)/b23-21-,49-47+,57-55+,65-63+. The van der Waals surface area contributed by atoms with Crippen LogP contribution < -0.4 is 5.32 Å². The Hall–Kier alpha value is -2.05. The predicted octanol–water partition coefficient (Wildman–Crippen LogP) is 18.6. The Morgan fingerprint density at radius 3 is 1.02 bits per heavy atom. The molecule has 0 bridgehead atoms. The second kappa shape index (κ2) is 66.2. The summed E-state index contributed by atoms with van der Waals surface area (Å²) in [6.07, 6.45) is 72.1. The van der Waals surface area contributed by atoms with E-state index in [9.17, 15) is 45.6 Å². The average molecular weight is 1360 g/mol. The molecule has 2 fully saturated rings. The molecule has 0 aromatic rings. The summed E-state index contributed by atoms with van der Waals surface area (Å²) < 4.78 is 22.9. The van der Waals surface area contributed by atoms with Crippen LogP contribution in [0.4, 0.5) is 0 Å².